The normalized spacial score (nSPS) is 18.0. The molecule has 2 aromatic carbocycles. The number of hydrogen-bond acceptors (Lipinski definition) is 9. The summed E-state index contributed by atoms with van der Waals surface area (Å²) < 4.78 is 12.0. The molecule has 0 spiro atoms. The Kier molecular flexibility index (Phi) is 21.5. The molecular weight excluding hydrogens is 801 g/mol. The summed E-state index contributed by atoms with van der Waals surface area (Å²) in [6, 6.07) is 14.0. The maximum Gasteiger partial charge on any atom is 0.326 e. The van der Waals surface area contributed by atoms with Crippen molar-refractivity contribution >= 4 is 35.3 Å². The fourth-order valence-corrected chi connectivity index (χ4v) is 9.15. The molecule has 1 heterocycles. The zero-order chi connectivity index (χ0) is 47.0. The number of anilines is 1. The quantitative estimate of drug-likeness (QED) is 0.0949. The van der Waals surface area contributed by atoms with Gasteiger partial charge in [0.05, 0.1) is 42.7 Å². The minimum Gasteiger partial charge on any atom is -0.480 e. The molecule has 3 rings (SSSR count). The van der Waals surface area contributed by atoms with Gasteiger partial charge in [-0.3, -0.25) is 24.1 Å². The number of benzene rings is 2. The van der Waals surface area contributed by atoms with Gasteiger partial charge >= 0.3 is 5.97 Å². The van der Waals surface area contributed by atoms with Gasteiger partial charge in [-0.1, -0.05) is 97.4 Å². The van der Waals surface area contributed by atoms with E-state index in [-0.39, 0.29) is 48.3 Å². The van der Waals surface area contributed by atoms with Crippen LogP contribution in [0.2, 0.25) is 0 Å². The van der Waals surface area contributed by atoms with E-state index in [9.17, 15) is 29.1 Å². The molecule has 2 aromatic rings. The van der Waals surface area contributed by atoms with E-state index in [2.05, 4.69) is 33.0 Å². The summed E-state index contributed by atoms with van der Waals surface area (Å²) in [6.45, 7) is 15.0. The minimum absolute atomic E-state index is 0.0169. The highest BCUT2D eigenvalue weighted by molar-refractivity contribution is 5.90. The SMILES string of the molecule is CCC(C)C(C(CC(=O)N1CCCC1C(OC)C(C)C(=O)NC(Cc1ccccc1)C(=O)O)OC)N(C)C(=O)C(CC(C)C)NC(=O)C(C(C)C)N(C)CCc1ccc(NC)cc1. The molecule has 0 aromatic heterocycles. The molecule has 14 nitrogen and oxygen atoms in total. The summed E-state index contributed by atoms with van der Waals surface area (Å²) in [5.74, 6) is -2.97. The van der Waals surface area contributed by atoms with Gasteiger partial charge < -0.3 is 40.3 Å². The molecule has 0 aliphatic carbocycles. The number of carbonyl (C=O) groups excluding carboxylic acids is 4. The van der Waals surface area contributed by atoms with Crippen LogP contribution in [-0.4, -0.2) is 140 Å². The van der Waals surface area contributed by atoms with Crippen molar-refractivity contribution in [1.29, 1.82) is 0 Å². The highest BCUT2D eigenvalue weighted by Crippen LogP contribution is 2.30. The van der Waals surface area contributed by atoms with Crippen molar-refractivity contribution in [2.45, 2.75) is 136 Å². The van der Waals surface area contributed by atoms with Gasteiger partial charge in [-0.15, -0.1) is 0 Å². The Morgan fingerprint density at radius 1 is 0.857 bits per heavy atom. The number of carbonyl (C=O) groups is 5. The third kappa shape index (κ3) is 15.0. The van der Waals surface area contributed by atoms with Crippen molar-refractivity contribution in [3.8, 4) is 0 Å². The number of aliphatic carboxylic acids is 1. The number of rotatable bonds is 26. The van der Waals surface area contributed by atoms with Crippen LogP contribution in [0.15, 0.2) is 54.6 Å². The topological polar surface area (TPSA) is 170 Å². The van der Waals surface area contributed by atoms with Gasteiger partial charge in [0.15, 0.2) is 0 Å². The van der Waals surface area contributed by atoms with E-state index in [0.717, 1.165) is 17.7 Å². The first-order valence-corrected chi connectivity index (χ1v) is 22.8. The van der Waals surface area contributed by atoms with E-state index in [1.807, 2.05) is 98.1 Å². The second kappa shape index (κ2) is 25.7. The van der Waals surface area contributed by atoms with Crippen LogP contribution in [0.5, 0.6) is 0 Å². The minimum atomic E-state index is -1.14. The van der Waals surface area contributed by atoms with Gasteiger partial charge in [-0.05, 0) is 73.7 Å². The number of methoxy groups -OCH3 is 2. The first kappa shape index (κ1) is 52.8. The number of nitrogens with zero attached hydrogens (tertiary/aromatic N) is 3. The van der Waals surface area contributed by atoms with E-state index in [0.29, 0.717) is 38.8 Å². The van der Waals surface area contributed by atoms with Crippen LogP contribution < -0.4 is 16.0 Å². The Bertz CT molecular complexity index is 1740. The smallest absolute Gasteiger partial charge is 0.326 e. The van der Waals surface area contributed by atoms with Gasteiger partial charge in [0.1, 0.15) is 12.1 Å². The first-order valence-electron chi connectivity index (χ1n) is 22.8. The molecule has 14 heteroatoms. The number of carboxylic acids is 1. The fourth-order valence-electron chi connectivity index (χ4n) is 9.15. The maximum atomic E-state index is 14.7. The molecule has 9 atom stereocenters. The molecule has 9 unspecified atom stereocenters. The number of likely N-dealkylation sites (tertiary alicyclic amines) is 1. The van der Waals surface area contributed by atoms with Crippen molar-refractivity contribution in [2.75, 3.05) is 53.8 Å². The Morgan fingerprint density at radius 3 is 2.03 bits per heavy atom. The van der Waals surface area contributed by atoms with Crippen LogP contribution in [-0.2, 0) is 46.3 Å². The Labute approximate surface area is 377 Å². The Balaban J connectivity index is 1.78. The van der Waals surface area contributed by atoms with Crippen LogP contribution in [0.1, 0.15) is 91.7 Å². The van der Waals surface area contributed by atoms with Gasteiger partial charge in [0.2, 0.25) is 23.6 Å². The molecule has 4 amide bonds. The summed E-state index contributed by atoms with van der Waals surface area (Å²) in [5, 5.41) is 18.9. The van der Waals surface area contributed by atoms with Crippen molar-refractivity contribution in [3.05, 3.63) is 65.7 Å². The van der Waals surface area contributed by atoms with E-state index >= 15 is 0 Å². The lowest BCUT2D eigenvalue weighted by Gasteiger charge is -2.41. The van der Waals surface area contributed by atoms with Crippen LogP contribution in [0.25, 0.3) is 0 Å². The highest BCUT2D eigenvalue weighted by Gasteiger charge is 2.43. The predicted molar refractivity (Wildman–Crippen MR) is 248 cm³/mol. The standard InChI is InChI=1S/C49H78N6O8/c1-13-33(6)44(54(10)48(59)38(28-31(2)3)51-47(58)43(32(4)5)53(9)27-25-35-21-23-37(50-8)24-22-35)41(62-11)30-42(56)55-26-17-20-40(55)45(63-12)34(7)46(57)52-39(49(60)61)29-36-18-15-14-16-19-36/h14-16,18-19,21-24,31-34,38-41,43-45,50H,13,17,20,25-30H2,1-12H3,(H,51,58)(H,52,57)(H,60,61). The number of hydrogen-bond donors (Lipinski definition) is 4. The molecule has 1 aliphatic rings. The van der Waals surface area contributed by atoms with Crippen molar-refractivity contribution in [3.63, 3.8) is 0 Å². The third-order valence-electron chi connectivity index (χ3n) is 12.8. The average Bonchev–Trinajstić information content (AvgIpc) is 3.74. The molecule has 0 radical (unpaired) electrons. The summed E-state index contributed by atoms with van der Waals surface area (Å²) in [5.41, 5.74) is 2.99. The van der Waals surface area contributed by atoms with Crippen molar-refractivity contribution in [2.24, 2.45) is 23.7 Å². The zero-order valence-corrected chi connectivity index (χ0v) is 40.1. The van der Waals surface area contributed by atoms with Crippen molar-refractivity contribution in [1.82, 2.24) is 25.3 Å². The van der Waals surface area contributed by atoms with Crippen LogP contribution in [0.4, 0.5) is 5.69 Å². The zero-order valence-electron chi connectivity index (χ0n) is 40.1. The second-order valence-corrected chi connectivity index (χ2v) is 18.2. The molecule has 4 N–H and O–H groups in total. The molecule has 0 saturated carbocycles. The largest absolute Gasteiger partial charge is 0.480 e. The second-order valence-electron chi connectivity index (χ2n) is 18.2. The molecular formula is C49H78N6O8. The van der Waals surface area contributed by atoms with E-state index < -0.39 is 60.2 Å². The molecule has 1 fully saturated rings. The predicted octanol–water partition coefficient (Wildman–Crippen LogP) is 5.49. The Hall–Kier alpha value is -4.53. The van der Waals surface area contributed by atoms with E-state index in [4.69, 9.17) is 9.47 Å². The van der Waals surface area contributed by atoms with Gasteiger partial charge in [-0.25, -0.2) is 4.79 Å². The number of nitrogens with one attached hydrogen (secondary N) is 3. The van der Waals surface area contributed by atoms with Gasteiger partial charge in [0.25, 0.3) is 0 Å². The molecule has 0 bridgehead atoms. The highest BCUT2D eigenvalue weighted by atomic mass is 16.5. The van der Waals surface area contributed by atoms with Gasteiger partial charge in [-0.2, -0.15) is 0 Å². The maximum absolute atomic E-state index is 14.7. The fraction of sp³-hybridized carbons (Fsp3) is 0.653. The number of amides is 4. The molecule has 352 valence electrons. The Morgan fingerprint density at radius 2 is 1.49 bits per heavy atom. The first-order chi connectivity index (χ1) is 29.9. The number of carboxylic acid groups (broad SMARTS) is 1. The van der Waals surface area contributed by atoms with Gasteiger partial charge in [0, 0.05) is 53.5 Å². The summed E-state index contributed by atoms with van der Waals surface area (Å²) in [6.07, 6.45) is 1.95. The van der Waals surface area contributed by atoms with Crippen LogP contribution >= 0.6 is 0 Å². The number of likely N-dealkylation sites (N-methyl/N-ethyl adjacent to an activating group) is 2. The molecule has 63 heavy (non-hydrogen) atoms. The van der Waals surface area contributed by atoms with Crippen LogP contribution in [0.3, 0.4) is 0 Å². The lowest BCUT2D eigenvalue weighted by molar-refractivity contribution is -0.148. The number of ether oxygens (including phenoxy) is 2. The average molecular weight is 879 g/mol. The summed E-state index contributed by atoms with van der Waals surface area (Å²) >= 11 is 0. The third-order valence-corrected chi connectivity index (χ3v) is 12.8. The van der Waals surface area contributed by atoms with E-state index in [1.165, 1.54) is 12.7 Å². The molecule has 1 saturated heterocycles. The molecule has 1 aliphatic heterocycles. The van der Waals surface area contributed by atoms with E-state index in [1.54, 1.807) is 30.9 Å². The van der Waals surface area contributed by atoms with Crippen LogP contribution in [0, 0.1) is 23.7 Å². The lowest BCUT2D eigenvalue weighted by atomic mass is 9.89. The summed E-state index contributed by atoms with van der Waals surface area (Å²) in [4.78, 5) is 74.4. The monoisotopic (exact) mass is 879 g/mol. The lowest BCUT2D eigenvalue weighted by Crippen LogP contribution is -2.59. The van der Waals surface area contributed by atoms with Crippen molar-refractivity contribution < 1.29 is 38.6 Å². The summed E-state index contributed by atoms with van der Waals surface area (Å²) in [7, 11) is 8.63.